The molecule has 0 aliphatic rings. The van der Waals surface area contributed by atoms with Crippen LogP contribution in [0.3, 0.4) is 0 Å². The fourth-order valence-electron chi connectivity index (χ4n) is 0.966. The summed E-state index contributed by atoms with van der Waals surface area (Å²) in [4.78, 5) is 7.30. The standard InChI is InChI=1S/C9H17N3O/c1-9(2,3)7-6-11-8(12-7)10-4-5-13/h6,13H,4-5H2,1-3H3,(H2,10,11,12). The maximum atomic E-state index is 8.59. The summed E-state index contributed by atoms with van der Waals surface area (Å²) in [6, 6.07) is 0. The highest BCUT2D eigenvalue weighted by atomic mass is 16.3. The van der Waals surface area contributed by atoms with Gasteiger partial charge in [-0.15, -0.1) is 0 Å². The number of aromatic amines is 1. The Morgan fingerprint density at radius 3 is 2.69 bits per heavy atom. The molecule has 0 radical (unpaired) electrons. The number of aliphatic hydroxyl groups is 1. The van der Waals surface area contributed by atoms with Crippen LogP contribution in [0.15, 0.2) is 6.20 Å². The molecule has 0 unspecified atom stereocenters. The third-order valence-corrected chi connectivity index (χ3v) is 1.79. The molecule has 1 rings (SSSR count). The van der Waals surface area contributed by atoms with Crippen molar-refractivity contribution in [1.82, 2.24) is 9.97 Å². The average Bonchev–Trinajstić information content (AvgIpc) is 2.47. The Labute approximate surface area is 78.4 Å². The summed E-state index contributed by atoms with van der Waals surface area (Å²) in [6.07, 6.45) is 1.82. The van der Waals surface area contributed by atoms with Gasteiger partial charge in [-0.05, 0) is 0 Å². The van der Waals surface area contributed by atoms with E-state index in [2.05, 4.69) is 36.1 Å². The van der Waals surface area contributed by atoms with Gasteiger partial charge in [0.15, 0.2) is 5.95 Å². The van der Waals surface area contributed by atoms with E-state index >= 15 is 0 Å². The monoisotopic (exact) mass is 183 g/mol. The van der Waals surface area contributed by atoms with Crippen LogP contribution in [0.2, 0.25) is 0 Å². The number of nitrogens with one attached hydrogen (secondary N) is 2. The molecular formula is C9H17N3O. The summed E-state index contributed by atoms with van der Waals surface area (Å²) < 4.78 is 0. The topological polar surface area (TPSA) is 60.9 Å². The van der Waals surface area contributed by atoms with Gasteiger partial charge in [0.05, 0.1) is 12.8 Å². The van der Waals surface area contributed by atoms with Crippen molar-refractivity contribution in [3.8, 4) is 0 Å². The van der Waals surface area contributed by atoms with Crippen molar-refractivity contribution in [1.29, 1.82) is 0 Å². The Morgan fingerprint density at radius 2 is 2.23 bits per heavy atom. The molecule has 13 heavy (non-hydrogen) atoms. The number of H-pyrrole nitrogens is 1. The van der Waals surface area contributed by atoms with Crippen LogP contribution in [0.4, 0.5) is 5.95 Å². The lowest BCUT2D eigenvalue weighted by molar-refractivity contribution is 0.311. The van der Waals surface area contributed by atoms with Crippen LogP contribution in [0.25, 0.3) is 0 Å². The molecule has 0 fully saturated rings. The summed E-state index contributed by atoms with van der Waals surface area (Å²) in [5.74, 6) is 0.721. The lowest BCUT2D eigenvalue weighted by Crippen LogP contribution is -2.12. The quantitative estimate of drug-likeness (QED) is 0.658. The summed E-state index contributed by atoms with van der Waals surface area (Å²) >= 11 is 0. The van der Waals surface area contributed by atoms with E-state index in [-0.39, 0.29) is 12.0 Å². The van der Waals surface area contributed by atoms with Gasteiger partial charge in [0.2, 0.25) is 0 Å². The van der Waals surface area contributed by atoms with Gasteiger partial charge in [-0.3, -0.25) is 0 Å². The molecule has 0 bridgehead atoms. The number of anilines is 1. The van der Waals surface area contributed by atoms with E-state index in [9.17, 15) is 0 Å². The molecule has 0 aliphatic heterocycles. The molecule has 0 saturated carbocycles. The maximum absolute atomic E-state index is 8.59. The van der Waals surface area contributed by atoms with Crippen LogP contribution < -0.4 is 5.32 Å². The predicted octanol–water partition coefficient (Wildman–Crippen LogP) is 1.11. The van der Waals surface area contributed by atoms with Gasteiger partial charge in [-0.2, -0.15) is 0 Å². The van der Waals surface area contributed by atoms with Crippen molar-refractivity contribution >= 4 is 5.95 Å². The highest BCUT2D eigenvalue weighted by Crippen LogP contribution is 2.20. The number of imidazole rings is 1. The molecule has 1 heterocycles. The van der Waals surface area contributed by atoms with E-state index in [0.717, 1.165) is 11.6 Å². The predicted molar refractivity (Wildman–Crippen MR) is 52.9 cm³/mol. The van der Waals surface area contributed by atoms with Crippen LogP contribution in [0.1, 0.15) is 26.5 Å². The van der Waals surface area contributed by atoms with Crippen molar-refractivity contribution < 1.29 is 5.11 Å². The van der Waals surface area contributed by atoms with Gasteiger partial charge in [0.1, 0.15) is 0 Å². The summed E-state index contributed by atoms with van der Waals surface area (Å²) in [7, 11) is 0. The van der Waals surface area contributed by atoms with E-state index in [4.69, 9.17) is 5.11 Å². The number of aliphatic hydroxyl groups excluding tert-OH is 1. The van der Waals surface area contributed by atoms with E-state index in [0.29, 0.717) is 6.54 Å². The minimum absolute atomic E-state index is 0.0894. The molecule has 0 amide bonds. The molecular weight excluding hydrogens is 166 g/mol. The molecule has 0 atom stereocenters. The van der Waals surface area contributed by atoms with Crippen molar-refractivity contribution in [3.63, 3.8) is 0 Å². The van der Waals surface area contributed by atoms with Crippen LogP contribution >= 0.6 is 0 Å². The molecule has 3 N–H and O–H groups in total. The van der Waals surface area contributed by atoms with Gasteiger partial charge in [-0.1, -0.05) is 20.8 Å². The SMILES string of the molecule is CC(C)(C)c1cnc(NCCO)[nH]1. The zero-order chi connectivity index (χ0) is 9.90. The molecule has 0 aliphatic carbocycles. The smallest absolute Gasteiger partial charge is 0.200 e. The second kappa shape index (κ2) is 3.79. The minimum atomic E-state index is 0.0894. The number of aromatic nitrogens is 2. The molecule has 1 aromatic rings. The van der Waals surface area contributed by atoms with Crippen molar-refractivity contribution in [3.05, 3.63) is 11.9 Å². The van der Waals surface area contributed by atoms with E-state index < -0.39 is 0 Å². The molecule has 74 valence electrons. The van der Waals surface area contributed by atoms with E-state index in [1.807, 2.05) is 6.20 Å². The van der Waals surface area contributed by atoms with Gasteiger partial charge in [-0.25, -0.2) is 4.98 Å². The van der Waals surface area contributed by atoms with E-state index in [1.54, 1.807) is 0 Å². The zero-order valence-electron chi connectivity index (χ0n) is 8.39. The zero-order valence-corrected chi connectivity index (χ0v) is 8.39. The number of hydrogen-bond acceptors (Lipinski definition) is 3. The first-order chi connectivity index (χ1) is 6.04. The summed E-state index contributed by atoms with van der Waals surface area (Å²) in [5.41, 5.74) is 1.18. The number of rotatable bonds is 3. The van der Waals surface area contributed by atoms with Crippen LogP contribution in [-0.4, -0.2) is 28.2 Å². The largest absolute Gasteiger partial charge is 0.395 e. The summed E-state index contributed by atoms with van der Waals surface area (Å²) in [5, 5.41) is 11.6. The third-order valence-electron chi connectivity index (χ3n) is 1.79. The molecule has 0 spiro atoms. The second-order valence-electron chi connectivity index (χ2n) is 4.05. The summed E-state index contributed by atoms with van der Waals surface area (Å²) in [6.45, 7) is 7.01. The maximum Gasteiger partial charge on any atom is 0.200 e. The first-order valence-electron chi connectivity index (χ1n) is 4.44. The van der Waals surface area contributed by atoms with Crippen LogP contribution in [0.5, 0.6) is 0 Å². The molecule has 0 aromatic carbocycles. The van der Waals surface area contributed by atoms with Crippen LogP contribution in [-0.2, 0) is 5.41 Å². The average molecular weight is 183 g/mol. The molecule has 4 heteroatoms. The van der Waals surface area contributed by atoms with Gasteiger partial charge < -0.3 is 15.4 Å². The number of nitrogens with zero attached hydrogens (tertiary/aromatic N) is 1. The number of hydrogen-bond donors (Lipinski definition) is 3. The Hall–Kier alpha value is -1.03. The van der Waals surface area contributed by atoms with Gasteiger partial charge in [0, 0.05) is 17.7 Å². The fourth-order valence-corrected chi connectivity index (χ4v) is 0.966. The van der Waals surface area contributed by atoms with Gasteiger partial charge >= 0.3 is 0 Å². The molecule has 4 nitrogen and oxygen atoms in total. The highest BCUT2D eigenvalue weighted by Gasteiger charge is 2.15. The normalized spacial score (nSPS) is 11.7. The van der Waals surface area contributed by atoms with Crippen molar-refractivity contribution in [2.75, 3.05) is 18.5 Å². The lowest BCUT2D eigenvalue weighted by atomic mass is 9.93. The first kappa shape index (κ1) is 10.1. The fraction of sp³-hybridized carbons (Fsp3) is 0.667. The third kappa shape index (κ3) is 2.73. The van der Waals surface area contributed by atoms with E-state index in [1.165, 1.54) is 0 Å². The van der Waals surface area contributed by atoms with Crippen molar-refractivity contribution in [2.45, 2.75) is 26.2 Å². The highest BCUT2D eigenvalue weighted by molar-refractivity contribution is 5.28. The molecule has 1 aromatic heterocycles. The van der Waals surface area contributed by atoms with Crippen molar-refractivity contribution in [2.24, 2.45) is 0 Å². The Bertz CT molecular complexity index is 262. The van der Waals surface area contributed by atoms with Crippen LogP contribution in [0, 0.1) is 0 Å². The van der Waals surface area contributed by atoms with Gasteiger partial charge in [0.25, 0.3) is 0 Å². The Morgan fingerprint density at radius 1 is 1.54 bits per heavy atom. The Balaban J connectivity index is 2.64. The lowest BCUT2D eigenvalue weighted by Gasteiger charge is -2.15. The Kier molecular flexibility index (Phi) is 2.93. The molecule has 0 saturated heterocycles. The second-order valence-corrected chi connectivity index (χ2v) is 4.05. The first-order valence-corrected chi connectivity index (χ1v) is 4.44. The minimum Gasteiger partial charge on any atom is -0.395 e.